The van der Waals surface area contributed by atoms with Crippen molar-refractivity contribution >= 4 is 16.7 Å². The Hall–Kier alpha value is -0.300. The van der Waals surface area contributed by atoms with E-state index in [4.69, 9.17) is 14.2 Å². The van der Waals surface area contributed by atoms with Gasteiger partial charge < -0.3 is 5.32 Å². The van der Waals surface area contributed by atoms with Crippen molar-refractivity contribution in [1.29, 1.82) is 0 Å². The molecule has 0 heterocycles. The summed E-state index contributed by atoms with van der Waals surface area (Å²) in [7, 11) is -2.97. The molecular weight excluding hydrogens is 192 g/mol. The maximum absolute atomic E-state index is 11.2. The first kappa shape index (κ1) is 12.7. The molecule has 1 amide bonds. The Morgan fingerprint density at radius 2 is 2.15 bits per heavy atom. The molecule has 5 nitrogen and oxygen atoms in total. The first-order chi connectivity index (χ1) is 5.87. The Bertz CT molecular complexity index is 170. The number of amides is 1. The van der Waals surface area contributed by atoms with Gasteiger partial charge >= 0.3 is 0 Å². The summed E-state index contributed by atoms with van der Waals surface area (Å²) in [6.07, 6.45) is 0.769. The van der Waals surface area contributed by atoms with Gasteiger partial charge in [0.05, 0.1) is 5.75 Å². The molecule has 0 aliphatic rings. The minimum absolute atomic E-state index is 0.00910. The van der Waals surface area contributed by atoms with Crippen LogP contribution < -0.4 is 10.5 Å². The zero-order valence-electron chi connectivity index (χ0n) is 7.99. The summed E-state index contributed by atoms with van der Waals surface area (Å²) < 4.78 is 17.6. The topological polar surface area (TPSA) is 95.6 Å². The lowest BCUT2D eigenvalue weighted by molar-refractivity contribution is -0.124. The average Bonchev–Trinajstić information content (AvgIpc) is 2.00. The molecule has 1 atom stereocenters. The minimum atomic E-state index is -2.97. The van der Waals surface area contributed by atoms with Gasteiger partial charge in [-0.05, 0) is 6.42 Å². The van der Waals surface area contributed by atoms with Crippen LogP contribution in [0.5, 0.6) is 0 Å². The summed E-state index contributed by atoms with van der Waals surface area (Å²) in [5.41, 5.74) is 0. The van der Waals surface area contributed by atoms with Gasteiger partial charge in [-0.3, -0.25) is 13.9 Å². The normalized spacial score (nSPS) is 15.2. The van der Waals surface area contributed by atoms with E-state index in [2.05, 4.69) is 5.32 Å². The van der Waals surface area contributed by atoms with Gasteiger partial charge in [-0.1, -0.05) is 13.8 Å². The second kappa shape index (κ2) is 5.43. The molecule has 0 saturated heterocycles. The Labute approximate surface area is 80.2 Å². The van der Waals surface area contributed by atoms with E-state index in [1.807, 2.05) is 13.8 Å². The quantitative estimate of drug-likeness (QED) is 0.539. The summed E-state index contributed by atoms with van der Waals surface area (Å²) in [5, 5.41) is 7.55. The van der Waals surface area contributed by atoms with Gasteiger partial charge in [0.25, 0.3) is 0 Å². The van der Waals surface area contributed by atoms with E-state index < -0.39 is 10.8 Å². The molecule has 13 heavy (non-hydrogen) atoms. The second-order valence-electron chi connectivity index (χ2n) is 3.02. The van der Waals surface area contributed by atoms with Crippen LogP contribution in [0.3, 0.4) is 0 Å². The predicted octanol–water partition coefficient (Wildman–Crippen LogP) is 0.773. The maximum Gasteiger partial charge on any atom is 0.222 e. The van der Waals surface area contributed by atoms with Crippen molar-refractivity contribution in [3.8, 4) is 0 Å². The predicted molar refractivity (Wildman–Crippen MR) is 54.4 cm³/mol. The Balaban J connectivity index is 3.60. The van der Waals surface area contributed by atoms with Gasteiger partial charge in [-0.15, -0.1) is 10.8 Å². The van der Waals surface area contributed by atoms with Crippen LogP contribution >= 0.6 is 10.8 Å². The van der Waals surface area contributed by atoms with Gasteiger partial charge in [-0.25, -0.2) is 5.14 Å². The molecule has 1 unspecified atom stereocenters. The van der Waals surface area contributed by atoms with Crippen molar-refractivity contribution in [3.63, 3.8) is 0 Å². The van der Waals surface area contributed by atoms with Crippen molar-refractivity contribution in [3.05, 3.63) is 0 Å². The second-order valence-corrected chi connectivity index (χ2v) is 4.86. The Kier molecular flexibility index (Phi) is 5.31. The van der Waals surface area contributed by atoms with Gasteiger partial charge in [0, 0.05) is 12.5 Å². The SMILES string of the molecule is CCC(C)C(=O)NCCS(N)(O)O. The number of nitrogens with one attached hydrogen (secondary N) is 1. The maximum atomic E-state index is 11.2. The van der Waals surface area contributed by atoms with Gasteiger partial charge in [-0.2, -0.15) is 0 Å². The largest absolute Gasteiger partial charge is 0.354 e. The summed E-state index contributed by atoms with van der Waals surface area (Å²) in [6, 6.07) is 0. The minimum Gasteiger partial charge on any atom is -0.354 e. The first-order valence-electron chi connectivity index (χ1n) is 4.18. The molecule has 0 aliphatic heterocycles. The van der Waals surface area contributed by atoms with E-state index in [0.717, 1.165) is 6.42 Å². The third-order valence-corrected chi connectivity index (χ3v) is 2.57. The van der Waals surface area contributed by atoms with Gasteiger partial charge in [0.1, 0.15) is 0 Å². The molecule has 0 rings (SSSR count). The van der Waals surface area contributed by atoms with Crippen LogP contribution in [-0.2, 0) is 4.79 Å². The molecule has 6 heteroatoms. The zero-order valence-corrected chi connectivity index (χ0v) is 8.80. The molecule has 0 aromatic rings. The molecule has 0 aliphatic carbocycles. The molecule has 0 aromatic carbocycles. The van der Waals surface area contributed by atoms with Crippen LogP contribution in [-0.4, -0.2) is 27.3 Å². The number of carbonyl (C=O) groups excluding carboxylic acids is 1. The molecule has 0 saturated carbocycles. The highest BCUT2D eigenvalue weighted by atomic mass is 32.3. The molecule has 5 N–H and O–H groups in total. The molecule has 0 bridgehead atoms. The number of rotatable bonds is 5. The fourth-order valence-electron chi connectivity index (χ4n) is 0.684. The molecule has 0 aromatic heterocycles. The summed E-state index contributed by atoms with van der Waals surface area (Å²) >= 11 is 0. The van der Waals surface area contributed by atoms with Crippen molar-refractivity contribution in [2.45, 2.75) is 20.3 Å². The van der Waals surface area contributed by atoms with E-state index in [1.54, 1.807) is 0 Å². The highest BCUT2D eigenvalue weighted by Crippen LogP contribution is 2.25. The van der Waals surface area contributed by atoms with Gasteiger partial charge in [0.15, 0.2) is 0 Å². The highest BCUT2D eigenvalue weighted by molar-refractivity contribution is 8.22. The van der Waals surface area contributed by atoms with Crippen LogP contribution in [0.4, 0.5) is 0 Å². The summed E-state index contributed by atoms with van der Waals surface area (Å²) in [4.78, 5) is 11.2. The van der Waals surface area contributed by atoms with E-state index in [-0.39, 0.29) is 24.1 Å². The van der Waals surface area contributed by atoms with Crippen LogP contribution in [0.2, 0.25) is 0 Å². The standard InChI is InChI=1S/C7H18N2O3S/c1-3-6(2)7(10)9-4-5-13(8,11)12/h6,11-12H,3-5,8H2,1-2H3,(H,9,10). The summed E-state index contributed by atoms with van der Waals surface area (Å²) in [6.45, 7) is 3.94. The smallest absolute Gasteiger partial charge is 0.222 e. The molecule has 0 fully saturated rings. The van der Waals surface area contributed by atoms with Crippen molar-refractivity contribution in [2.75, 3.05) is 12.3 Å². The number of carbonyl (C=O) groups is 1. The summed E-state index contributed by atoms with van der Waals surface area (Å²) in [5.74, 6) is -0.111. The average molecular weight is 210 g/mol. The van der Waals surface area contributed by atoms with Crippen molar-refractivity contribution in [2.24, 2.45) is 11.1 Å². The van der Waals surface area contributed by atoms with E-state index >= 15 is 0 Å². The first-order valence-corrected chi connectivity index (χ1v) is 5.96. The van der Waals surface area contributed by atoms with Crippen molar-refractivity contribution < 1.29 is 13.9 Å². The van der Waals surface area contributed by atoms with Crippen molar-refractivity contribution in [1.82, 2.24) is 5.32 Å². The van der Waals surface area contributed by atoms with Crippen LogP contribution in [0, 0.1) is 5.92 Å². The number of hydrogen-bond donors (Lipinski definition) is 4. The molecular formula is C7H18N2O3S. The molecule has 0 spiro atoms. The van der Waals surface area contributed by atoms with Crippen LogP contribution in [0.1, 0.15) is 20.3 Å². The third-order valence-electron chi connectivity index (χ3n) is 1.76. The lowest BCUT2D eigenvalue weighted by Gasteiger charge is -2.26. The lowest BCUT2D eigenvalue weighted by Crippen LogP contribution is -2.33. The fourth-order valence-corrected chi connectivity index (χ4v) is 1.09. The Morgan fingerprint density at radius 3 is 2.54 bits per heavy atom. The monoisotopic (exact) mass is 210 g/mol. The fraction of sp³-hybridized carbons (Fsp3) is 0.857. The molecule has 80 valence electrons. The number of hydrogen-bond acceptors (Lipinski definition) is 4. The van der Waals surface area contributed by atoms with E-state index in [0.29, 0.717) is 0 Å². The van der Waals surface area contributed by atoms with E-state index in [9.17, 15) is 4.79 Å². The van der Waals surface area contributed by atoms with Gasteiger partial charge in [0.2, 0.25) is 5.91 Å². The highest BCUT2D eigenvalue weighted by Gasteiger charge is 2.10. The number of nitrogens with two attached hydrogens (primary N) is 1. The van der Waals surface area contributed by atoms with Crippen LogP contribution in [0.15, 0.2) is 0 Å². The van der Waals surface area contributed by atoms with Crippen LogP contribution in [0.25, 0.3) is 0 Å². The zero-order chi connectivity index (χ0) is 10.5. The third kappa shape index (κ3) is 6.83. The van der Waals surface area contributed by atoms with E-state index in [1.165, 1.54) is 0 Å². The Morgan fingerprint density at radius 1 is 1.62 bits per heavy atom. The molecule has 0 radical (unpaired) electrons. The lowest BCUT2D eigenvalue weighted by atomic mass is 10.1.